The second-order valence-corrected chi connectivity index (χ2v) is 7.39. The van der Waals surface area contributed by atoms with Crippen LogP contribution in [0.4, 0.5) is 0 Å². The van der Waals surface area contributed by atoms with Gasteiger partial charge in [0.2, 0.25) is 5.88 Å². The Morgan fingerprint density at radius 3 is 2.56 bits per heavy atom. The van der Waals surface area contributed by atoms with Crippen LogP contribution >= 0.6 is 24.0 Å². The molecule has 7 nitrogen and oxygen atoms in total. The minimum absolute atomic E-state index is 0. The number of carbonyl (C=O) groups is 1. The van der Waals surface area contributed by atoms with Crippen molar-refractivity contribution in [1.82, 2.24) is 20.9 Å². The van der Waals surface area contributed by atoms with Gasteiger partial charge in [-0.1, -0.05) is 48.5 Å². The van der Waals surface area contributed by atoms with Crippen LogP contribution in [0, 0.1) is 0 Å². The van der Waals surface area contributed by atoms with Gasteiger partial charge in [-0.05, 0) is 42.7 Å². The zero-order chi connectivity index (χ0) is 23.3. The molecule has 1 amide bonds. The lowest BCUT2D eigenvalue weighted by molar-refractivity contribution is 0.0963. The second-order valence-electron chi connectivity index (χ2n) is 7.39. The molecule has 0 radical (unpaired) electrons. The Hall–Kier alpha value is -3.14. The molecule has 3 rings (SSSR count). The van der Waals surface area contributed by atoms with Gasteiger partial charge in [0.25, 0.3) is 5.91 Å². The zero-order valence-electron chi connectivity index (χ0n) is 19.6. The van der Waals surface area contributed by atoms with Crippen LogP contribution in [0.1, 0.15) is 34.0 Å². The van der Waals surface area contributed by atoms with Crippen LogP contribution < -0.4 is 20.7 Å². The first-order valence-electron chi connectivity index (χ1n) is 11.1. The molecule has 0 atom stereocenters. The summed E-state index contributed by atoms with van der Waals surface area (Å²) in [6, 6.07) is 21.5. The van der Waals surface area contributed by atoms with Gasteiger partial charge in [0.15, 0.2) is 5.96 Å². The van der Waals surface area contributed by atoms with E-state index < -0.39 is 0 Å². The van der Waals surface area contributed by atoms with E-state index in [2.05, 4.69) is 20.9 Å². The number of ether oxygens (including phenoxy) is 1. The number of carbonyl (C=O) groups excluding carboxylic acids is 1. The summed E-state index contributed by atoms with van der Waals surface area (Å²) in [6.07, 6.45) is 2.50. The van der Waals surface area contributed by atoms with Crippen molar-refractivity contribution in [1.29, 1.82) is 0 Å². The number of guanidine groups is 1. The molecule has 34 heavy (non-hydrogen) atoms. The van der Waals surface area contributed by atoms with Crippen LogP contribution in [0.15, 0.2) is 77.9 Å². The van der Waals surface area contributed by atoms with Crippen LogP contribution in [0.25, 0.3) is 0 Å². The van der Waals surface area contributed by atoms with E-state index in [0.29, 0.717) is 31.1 Å². The molecule has 3 N–H and O–H groups in total. The standard InChI is InChI=1S/C26H31N5O2.HI/c1-3-28-26(30-16-14-20-11-7-12-22(17-20)24(32)27-2)31-18-23-13-8-15-29-25(23)33-19-21-9-5-4-6-10-21;/h4-13,15,17H,3,14,16,18-19H2,1-2H3,(H,27,32)(H2,28,30,31);1H. The van der Waals surface area contributed by atoms with Crippen molar-refractivity contribution >= 4 is 35.8 Å². The van der Waals surface area contributed by atoms with E-state index in [1.54, 1.807) is 13.2 Å². The molecule has 8 heteroatoms. The Kier molecular flexibility index (Phi) is 11.9. The second kappa shape index (κ2) is 14.9. The Morgan fingerprint density at radius 2 is 1.79 bits per heavy atom. The van der Waals surface area contributed by atoms with Gasteiger partial charge < -0.3 is 20.7 Å². The molecule has 180 valence electrons. The third-order valence-electron chi connectivity index (χ3n) is 4.94. The predicted octanol–water partition coefficient (Wildman–Crippen LogP) is 3.94. The van der Waals surface area contributed by atoms with Gasteiger partial charge in [0.05, 0.1) is 6.54 Å². The van der Waals surface area contributed by atoms with Crippen molar-refractivity contribution < 1.29 is 9.53 Å². The molecular weight excluding hydrogens is 541 g/mol. The van der Waals surface area contributed by atoms with Crippen LogP contribution in [0.5, 0.6) is 5.88 Å². The van der Waals surface area contributed by atoms with E-state index in [0.717, 1.165) is 35.6 Å². The van der Waals surface area contributed by atoms with Crippen molar-refractivity contribution in [2.45, 2.75) is 26.5 Å². The van der Waals surface area contributed by atoms with Gasteiger partial charge in [0, 0.05) is 37.5 Å². The summed E-state index contributed by atoms with van der Waals surface area (Å²) in [4.78, 5) is 20.9. The minimum Gasteiger partial charge on any atom is -0.473 e. The summed E-state index contributed by atoms with van der Waals surface area (Å²) < 4.78 is 5.94. The summed E-state index contributed by atoms with van der Waals surface area (Å²) in [5.74, 6) is 1.23. The smallest absolute Gasteiger partial charge is 0.251 e. The third-order valence-corrected chi connectivity index (χ3v) is 4.94. The Balaban J connectivity index is 0.00000408. The number of nitrogens with one attached hydrogen (secondary N) is 3. The minimum atomic E-state index is -0.0820. The molecule has 0 bridgehead atoms. The van der Waals surface area contributed by atoms with E-state index in [1.165, 1.54) is 0 Å². The molecule has 0 aliphatic heterocycles. The summed E-state index contributed by atoms with van der Waals surface area (Å²) >= 11 is 0. The number of hydrogen-bond donors (Lipinski definition) is 3. The van der Waals surface area contributed by atoms with Crippen molar-refractivity contribution in [3.63, 3.8) is 0 Å². The largest absolute Gasteiger partial charge is 0.473 e. The molecule has 0 spiro atoms. The zero-order valence-corrected chi connectivity index (χ0v) is 21.9. The van der Waals surface area contributed by atoms with Gasteiger partial charge in [-0.3, -0.25) is 4.79 Å². The van der Waals surface area contributed by atoms with Crippen LogP contribution in [-0.2, 0) is 19.6 Å². The lowest BCUT2D eigenvalue weighted by atomic mass is 10.1. The van der Waals surface area contributed by atoms with Crippen molar-refractivity contribution in [2.24, 2.45) is 4.99 Å². The van der Waals surface area contributed by atoms with Crippen molar-refractivity contribution in [3.8, 4) is 5.88 Å². The lowest BCUT2D eigenvalue weighted by Gasteiger charge is -2.13. The first-order valence-corrected chi connectivity index (χ1v) is 11.1. The quantitative estimate of drug-likeness (QED) is 0.194. The highest BCUT2D eigenvalue weighted by Gasteiger charge is 2.07. The number of amides is 1. The molecular formula is C26H32IN5O2. The highest BCUT2D eigenvalue weighted by molar-refractivity contribution is 14.0. The van der Waals surface area contributed by atoms with Gasteiger partial charge in [-0.25, -0.2) is 9.98 Å². The SMILES string of the molecule is CCNC(=NCc1cccnc1OCc1ccccc1)NCCc1cccc(C(=O)NC)c1.I. The maximum Gasteiger partial charge on any atom is 0.251 e. The number of pyridine rings is 1. The Labute approximate surface area is 218 Å². The number of benzene rings is 2. The molecule has 3 aromatic rings. The molecule has 0 saturated carbocycles. The summed E-state index contributed by atoms with van der Waals surface area (Å²) in [5, 5.41) is 9.28. The van der Waals surface area contributed by atoms with Crippen LogP contribution in [0.2, 0.25) is 0 Å². The number of hydrogen-bond acceptors (Lipinski definition) is 4. The number of aliphatic imine (C=N–C) groups is 1. The Morgan fingerprint density at radius 1 is 1.00 bits per heavy atom. The highest BCUT2D eigenvalue weighted by atomic mass is 127. The van der Waals surface area contributed by atoms with Gasteiger partial charge in [0.1, 0.15) is 6.61 Å². The van der Waals surface area contributed by atoms with Crippen LogP contribution in [-0.4, -0.2) is 37.0 Å². The maximum atomic E-state index is 11.8. The number of nitrogens with zero attached hydrogens (tertiary/aromatic N) is 2. The molecule has 0 aliphatic rings. The van der Waals surface area contributed by atoms with Crippen molar-refractivity contribution in [2.75, 3.05) is 20.1 Å². The van der Waals surface area contributed by atoms with E-state index in [-0.39, 0.29) is 29.9 Å². The normalized spacial score (nSPS) is 10.7. The average Bonchev–Trinajstić information content (AvgIpc) is 2.87. The summed E-state index contributed by atoms with van der Waals surface area (Å²) in [5.41, 5.74) is 3.76. The molecule has 2 aromatic carbocycles. The fourth-order valence-electron chi connectivity index (χ4n) is 3.24. The van der Waals surface area contributed by atoms with Crippen LogP contribution in [0.3, 0.4) is 0 Å². The number of halogens is 1. The topological polar surface area (TPSA) is 87.6 Å². The highest BCUT2D eigenvalue weighted by Crippen LogP contribution is 2.17. The van der Waals surface area contributed by atoms with E-state index in [9.17, 15) is 4.79 Å². The fourth-order valence-corrected chi connectivity index (χ4v) is 3.24. The molecule has 0 unspecified atom stereocenters. The van der Waals surface area contributed by atoms with E-state index >= 15 is 0 Å². The lowest BCUT2D eigenvalue weighted by Crippen LogP contribution is -2.38. The van der Waals surface area contributed by atoms with E-state index in [4.69, 9.17) is 9.73 Å². The Bertz CT molecular complexity index is 1060. The average molecular weight is 573 g/mol. The molecule has 0 saturated heterocycles. The van der Waals surface area contributed by atoms with Crippen molar-refractivity contribution in [3.05, 3.63) is 95.2 Å². The third kappa shape index (κ3) is 8.66. The first-order chi connectivity index (χ1) is 16.2. The van der Waals surface area contributed by atoms with E-state index in [1.807, 2.05) is 73.7 Å². The molecule has 1 heterocycles. The number of aromatic nitrogens is 1. The fraction of sp³-hybridized carbons (Fsp3) is 0.269. The molecule has 0 aliphatic carbocycles. The molecule has 0 fully saturated rings. The summed E-state index contributed by atoms with van der Waals surface area (Å²) in [6.45, 7) is 4.37. The maximum absolute atomic E-state index is 11.8. The summed E-state index contributed by atoms with van der Waals surface area (Å²) in [7, 11) is 1.64. The number of rotatable bonds is 10. The first kappa shape index (κ1) is 27.1. The van der Waals surface area contributed by atoms with Gasteiger partial charge in [-0.15, -0.1) is 24.0 Å². The van der Waals surface area contributed by atoms with Gasteiger partial charge >= 0.3 is 0 Å². The molecule has 1 aromatic heterocycles. The predicted molar refractivity (Wildman–Crippen MR) is 147 cm³/mol. The van der Waals surface area contributed by atoms with Gasteiger partial charge in [-0.2, -0.15) is 0 Å². The monoisotopic (exact) mass is 573 g/mol.